The quantitative estimate of drug-likeness (QED) is 0.270. The zero-order valence-corrected chi connectivity index (χ0v) is 21.1. The highest BCUT2D eigenvalue weighted by molar-refractivity contribution is 9.10. The second kappa shape index (κ2) is 9.67. The lowest BCUT2D eigenvalue weighted by Gasteiger charge is -2.36. The van der Waals surface area contributed by atoms with Gasteiger partial charge in [-0.1, -0.05) is 22.0 Å². The number of phenolic OH excluding ortho intramolecular Hbond substituents is 2. The van der Waals surface area contributed by atoms with Crippen LogP contribution in [0.1, 0.15) is 40.7 Å². The second-order valence-electron chi connectivity index (χ2n) is 8.43. The lowest BCUT2D eigenvalue weighted by molar-refractivity contribution is 0.0948. The van der Waals surface area contributed by atoms with E-state index in [-0.39, 0.29) is 23.4 Å². The van der Waals surface area contributed by atoms with Crippen molar-refractivity contribution < 1.29 is 23.4 Å². The molecule has 0 bridgehead atoms. The molecule has 1 aliphatic carbocycles. The van der Waals surface area contributed by atoms with Gasteiger partial charge in [-0.15, -0.1) is 0 Å². The van der Waals surface area contributed by atoms with E-state index in [1.54, 1.807) is 0 Å². The molecule has 2 aromatic carbocycles. The zero-order chi connectivity index (χ0) is 26.1. The Labute approximate surface area is 214 Å². The van der Waals surface area contributed by atoms with Crippen LogP contribution in [-0.4, -0.2) is 29.5 Å². The van der Waals surface area contributed by atoms with Crippen LogP contribution in [0.25, 0.3) is 0 Å². The standard InChI is InChI=1S/C24H21BrN4O6S/c25-16-3-4-19(30)20(10-16)36(34,35)29-18-9-15(24(13-26)6-1-7-24)8-17(22(18)32)23(33)28-12-14-2-5-21(31)27-11-14/h2-5,8-11,29-30,32H,1,6-7,12H2,(H,27,31)(H,28,33). The van der Waals surface area contributed by atoms with Gasteiger partial charge in [-0.3, -0.25) is 14.3 Å². The number of anilines is 1. The van der Waals surface area contributed by atoms with Crippen LogP contribution in [-0.2, 0) is 22.0 Å². The van der Waals surface area contributed by atoms with Crippen molar-refractivity contribution in [3.63, 3.8) is 0 Å². The minimum Gasteiger partial charge on any atom is -0.507 e. The summed E-state index contributed by atoms with van der Waals surface area (Å²) >= 11 is 3.16. The number of carbonyl (C=O) groups excluding carboxylic acids is 1. The third kappa shape index (κ3) is 4.93. The van der Waals surface area contributed by atoms with Crippen molar-refractivity contribution in [1.82, 2.24) is 10.3 Å². The van der Waals surface area contributed by atoms with Gasteiger partial charge in [-0.25, -0.2) is 8.42 Å². The van der Waals surface area contributed by atoms with Crippen molar-refractivity contribution in [2.24, 2.45) is 0 Å². The molecule has 1 fully saturated rings. The van der Waals surface area contributed by atoms with Crippen LogP contribution in [0, 0.1) is 11.3 Å². The van der Waals surface area contributed by atoms with Crippen molar-refractivity contribution in [3.05, 3.63) is 80.2 Å². The largest absolute Gasteiger partial charge is 0.507 e. The van der Waals surface area contributed by atoms with Gasteiger partial charge < -0.3 is 20.5 Å². The number of nitrogens with one attached hydrogen (secondary N) is 3. The predicted octanol–water partition coefficient (Wildman–Crippen LogP) is 3.22. The van der Waals surface area contributed by atoms with Crippen LogP contribution < -0.4 is 15.6 Å². The van der Waals surface area contributed by atoms with Crippen molar-refractivity contribution in [3.8, 4) is 17.6 Å². The number of aromatic nitrogens is 1. The van der Waals surface area contributed by atoms with Crippen molar-refractivity contribution >= 4 is 37.5 Å². The maximum atomic E-state index is 13.1. The molecule has 10 nitrogen and oxygen atoms in total. The highest BCUT2D eigenvalue weighted by atomic mass is 79.9. The Bertz CT molecular complexity index is 1540. The number of hydrogen-bond acceptors (Lipinski definition) is 7. The first kappa shape index (κ1) is 25.3. The Kier molecular flexibility index (Phi) is 6.79. The number of carbonyl (C=O) groups is 1. The number of phenols is 2. The smallest absolute Gasteiger partial charge is 0.265 e. The van der Waals surface area contributed by atoms with Crippen LogP contribution in [0.5, 0.6) is 11.5 Å². The maximum absolute atomic E-state index is 13.1. The number of rotatable bonds is 7. The van der Waals surface area contributed by atoms with E-state index in [2.05, 4.69) is 37.0 Å². The Hall–Kier alpha value is -3.82. The normalized spacial score (nSPS) is 14.3. The van der Waals surface area contributed by atoms with Gasteiger partial charge in [-0.05, 0) is 60.7 Å². The molecule has 0 atom stereocenters. The van der Waals surface area contributed by atoms with Gasteiger partial charge in [0.15, 0.2) is 5.75 Å². The summed E-state index contributed by atoms with van der Waals surface area (Å²) in [6.07, 6.45) is 3.26. The summed E-state index contributed by atoms with van der Waals surface area (Å²) in [6.45, 7) is 0.0235. The summed E-state index contributed by atoms with van der Waals surface area (Å²) < 4.78 is 28.8. The van der Waals surface area contributed by atoms with Crippen molar-refractivity contribution in [1.29, 1.82) is 5.26 Å². The first-order valence-electron chi connectivity index (χ1n) is 10.8. The molecule has 1 heterocycles. The van der Waals surface area contributed by atoms with E-state index in [0.29, 0.717) is 28.4 Å². The topological polar surface area (TPSA) is 172 Å². The molecule has 3 aromatic rings. The summed E-state index contributed by atoms with van der Waals surface area (Å²) in [4.78, 5) is 26.3. The average molecular weight is 573 g/mol. The van der Waals surface area contributed by atoms with Gasteiger partial charge >= 0.3 is 0 Å². The summed E-state index contributed by atoms with van der Waals surface area (Å²) in [7, 11) is -4.39. The predicted molar refractivity (Wildman–Crippen MR) is 134 cm³/mol. The summed E-state index contributed by atoms with van der Waals surface area (Å²) in [5.74, 6) is -1.85. The van der Waals surface area contributed by atoms with Crippen LogP contribution in [0.2, 0.25) is 0 Å². The number of hydrogen-bond donors (Lipinski definition) is 5. The van der Waals surface area contributed by atoms with Gasteiger partial charge in [0, 0.05) is 23.3 Å². The number of pyridine rings is 1. The third-order valence-electron chi connectivity index (χ3n) is 6.09. The SMILES string of the molecule is N#CC1(c2cc(NS(=O)(=O)c3cc(Br)ccc3O)c(O)c(C(=O)NCc3ccc(=O)[nH]c3)c2)CCC1. The van der Waals surface area contributed by atoms with Crippen LogP contribution in [0.4, 0.5) is 5.69 Å². The Balaban J connectivity index is 1.73. The minimum atomic E-state index is -4.39. The lowest BCUT2D eigenvalue weighted by atomic mass is 9.65. The average Bonchev–Trinajstić information content (AvgIpc) is 2.81. The Morgan fingerprint density at radius 1 is 1.17 bits per heavy atom. The highest BCUT2D eigenvalue weighted by Crippen LogP contribution is 2.46. The first-order valence-corrected chi connectivity index (χ1v) is 13.1. The molecule has 186 valence electrons. The van der Waals surface area contributed by atoms with E-state index in [1.165, 1.54) is 48.7 Å². The fraction of sp³-hybridized carbons (Fsp3) is 0.208. The van der Waals surface area contributed by atoms with E-state index < -0.39 is 37.7 Å². The molecule has 5 N–H and O–H groups in total. The number of aromatic hydroxyl groups is 2. The summed E-state index contributed by atoms with van der Waals surface area (Å²) in [5.41, 5.74) is -0.764. The molecule has 12 heteroatoms. The Morgan fingerprint density at radius 2 is 1.92 bits per heavy atom. The molecule has 1 aliphatic rings. The number of amides is 1. The van der Waals surface area contributed by atoms with E-state index in [9.17, 15) is 33.5 Å². The number of aromatic amines is 1. The number of nitrogens with zero attached hydrogens (tertiary/aromatic N) is 1. The van der Waals surface area contributed by atoms with Crippen LogP contribution in [0.15, 0.2) is 62.8 Å². The Morgan fingerprint density at radius 3 is 2.53 bits per heavy atom. The molecule has 0 spiro atoms. The molecule has 0 aliphatic heterocycles. The van der Waals surface area contributed by atoms with E-state index in [0.717, 1.165) is 6.42 Å². The lowest BCUT2D eigenvalue weighted by Crippen LogP contribution is -2.33. The van der Waals surface area contributed by atoms with Gasteiger partial charge in [0.05, 0.1) is 22.7 Å². The number of H-pyrrole nitrogens is 1. The number of benzene rings is 2. The van der Waals surface area contributed by atoms with E-state index >= 15 is 0 Å². The van der Waals surface area contributed by atoms with Crippen molar-refractivity contribution in [2.75, 3.05) is 4.72 Å². The minimum absolute atomic E-state index is 0.0235. The van der Waals surface area contributed by atoms with E-state index in [1.807, 2.05) is 0 Å². The molecule has 1 aromatic heterocycles. The molecule has 0 radical (unpaired) electrons. The maximum Gasteiger partial charge on any atom is 0.265 e. The van der Waals surface area contributed by atoms with Crippen molar-refractivity contribution in [2.45, 2.75) is 36.1 Å². The van der Waals surface area contributed by atoms with Gasteiger partial charge in [-0.2, -0.15) is 5.26 Å². The van der Waals surface area contributed by atoms with Gasteiger partial charge in [0.25, 0.3) is 15.9 Å². The number of sulfonamides is 1. The highest BCUT2D eigenvalue weighted by Gasteiger charge is 2.40. The third-order valence-corrected chi connectivity index (χ3v) is 7.97. The first-order chi connectivity index (χ1) is 17.0. The zero-order valence-electron chi connectivity index (χ0n) is 18.7. The molecular formula is C24H21BrN4O6S. The van der Waals surface area contributed by atoms with E-state index in [4.69, 9.17) is 0 Å². The van der Waals surface area contributed by atoms with Crippen LogP contribution >= 0.6 is 15.9 Å². The van der Waals surface area contributed by atoms with Crippen LogP contribution in [0.3, 0.4) is 0 Å². The fourth-order valence-corrected chi connectivity index (χ4v) is 5.58. The fourth-order valence-electron chi connectivity index (χ4n) is 3.89. The summed E-state index contributed by atoms with van der Waals surface area (Å²) in [6, 6.07) is 11.7. The second-order valence-corrected chi connectivity index (χ2v) is 11.0. The molecule has 0 unspecified atom stereocenters. The molecule has 36 heavy (non-hydrogen) atoms. The van der Waals surface area contributed by atoms with Gasteiger partial charge in [0.1, 0.15) is 10.6 Å². The summed E-state index contributed by atoms with van der Waals surface area (Å²) in [5, 5.41) is 33.4. The monoisotopic (exact) mass is 572 g/mol. The molecule has 0 saturated heterocycles. The number of halogens is 1. The molecule has 1 amide bonds. The molecular weight excluding hydrogens is 552 g/mol. The molecule has 4 rings (SSSR count). The molecule has 1 saturated carbocycles. The number of nitriles is 1. The van der Waals surface area contributed by atoms with Gasteiger partial charge in [0.2, 0.25) is 5.56 Å².